The molecule has 1 aromatic rings. The second-order valence-electron chi connectivity index (χ2n) is 4.61. The summed E-state index contributed by atoms with van der Waals surface area (Å²) in [6.45, 7) is 1.43. The van der Waals surface area contributed by atoms with Gasteiger partial charge in [-0.05, 0) is 25.3 Å². The SMILES string of the molecule is CC(NC(=O)NC1(c2ccccc2)CC1)C(=O)O. The van der Waals surface area contributed by atoms with Crippen molar-refractivity contribution < 1.29 is 14.7 Å². The van der Waals surface area contributed by atoms with Crippen LogP contribution in [0.2, 0.25) is 0 Å². The van der Waals surface area contributed by atoms with Crippen LogP contribution >= 0.6 is 0 Å². The lowest BCUT2D eigenvalue weighted by Gasteiger charge is -2.19. The zero-order valence-electron chi connectivity index (χ0n) is 10.1. The number of carbonyl (C=O) groups excluding carboxylic acids is 1. The Balaban J connectivity index is 1.98. The summed E-state index contributed by atoms with van der Waals surface area (Å²) in [5, 5.41) is 14.0. The van der Waals surface area contributed by atoms with E-state index >= 15 is 0 Å². The number of benzene rings is 1. The molecule has 0 radical (unpaired) electrons. The van der Waals surface area contributed by atoms with E-state index in [0.29, 0.717) is 0 Å². The Morgan fingerprint density at radius 3 is 2.39 bits per heavy atom. The second-order valence-corrected chi connectivity index (χ2v) is 4.61. The van der Waals surface area contributed by atoms with Gasteiger partial charge in [-0.15, -0.1) is 0 Å². The van der Waals surface area contributed by atoms with Crippen molar-refractivity contribution in [3.05, 3.63) is 35.9 Å². The molecule has 0 aromatic heterocycles. The normalized spacial score (nSPS) is 17.6. The molecule has 1 aromatic carbocycles. The van der Waals surface area contributed by atoms with Crippen molar-refractivity contribution in [2.75, 3.05) is 0 Å². The fraction of sp³-hybridized carbons (Fsp3) is 0.385. The molecule has 1 aliphatic rings. The van der Waals surface area contributed by atoms with E-state index in [4.69, 9.17) is 5.11 Å². The Hall–Kier alpha value is -2.04. The summed E-state index contributed by atoms with van der Waals surface area (Å²) >= 11 is 0. The molecule has 18 heavy (non-hydrogen) atoms. The molecule has 1 atom stereocenters. The Kier molecular flexibility index (Phi) is 3.23. The largest absolute Gasteiger partial charge is 0.480 e. The molecule has 1 unspecified atom stereocenters. The highest BCUT2D eigenvalue weighted by atomic mass is 16.4. The predicted octanol–water partition coefficient (Wildman–Crippen LogP) is 1.45. The van der Waals surface area contributed by atoms with Gasteiger partial charge in [0.05, 0.1) is 5.54 Å². The zero-order valence-corrected chi connectivity index (χ0v) is 10.1. The number of rotatable bonds is 4. The Morgan fingerprint density at radius 2 is 1.89 bits per heavy atom. The van der Waals surface area contributed by atoms with Gasteiger partial charge in [0, 0.05) is 0 Å². The molecule has 0 spiro atoms. The molecule has 2 amide bonds. The molecule has 0 bridgehead atoms. The molecule has 1 saturated carbocycles. The molecule has 0 heterocycles. The summed E-state index contributed by atoms with van der Waals surface area (Å²) < 4.78 is 0. The molecule has 1 fully saturated rings. The van der Waals surface area contributed by atoms with Gasteiger partial charge in [-0.1, -0.05) is 30.3 Å². The van der Waals surface area contributed by atoms with Crippen LogP contribution in [0.25, 0.3) is 0 Å². The van der Waals surface area contributed by atoms with Gasteiger partial charge in [-0.3, -0.25) is 4.79 Å². The van der Waals surface area contributed by atoms with Crippen molar-refractivity contribution in [1.82, 2.24) is 10.6 Å². The number of amides is 2. The average Bonchev–Trinajstić information content (AvgIpc) is 3.11. The van der Waals surface area contributed by atoms with Gasteiger partial charge in [0.1, 0.15) is 6.04 Å². The Labute approximate surface area is 105 Å². The van der Waals surface area contributed by atoms with Gasteiger partial charge in [0.15, 0.2) is 0 Å². The molecular weight excluding hydrogens is 232 g/mol. The Morgan fingerprint density at radius 1 is 1.28 bits per heavy atom. The number of carboxylic acid groups (broad SMARTS) is 1. The number of hydrogen-bond donors (Lipinski definition) is 3. The average molecular weight is 248 g/mol. The first-order valence-corrected chi connectivity index (χ1v) is 5.90. The predicted molar refractivity (Wildman–Crippen MR) is 66.1 cm³/mol. The van der Waals surface area contributed by atoms with Crippen molar-refractivity contribution in [2.24, 2.45) is 0 Å². The summed E-state index contributed by atoms with van der Waals surface area (Å²) in [5.74, 6) is -1.05. The van der Waals surface area contributed by atoms with Crippen LogP contribution in [0.3, 0.4) is 0 Å². The number of carboxylic acids is 1. The minimum absolute atomic E-state index is 0.316. The van der Waals surface area contributed by atoms with Gasteiger partial charge in [-0.2, -0.15) is 0 Å². The van der Waals surface area contributed by atoms with Crippen LogP contribution in [-0.4, -0.2) is 23.1 Å². The number of urea groups is 1. The molecule has 0 aliphatic heterocycles. The van der Waals surface area contributed by atoms with Gasteiger partial charge in [0.25, 0.3) is 0 Å². The van der Waals surface area contributed by atoms with Crippen LogP contribution in [0.5, 0.6) is 0 Å². The third kappa shape index (κ3) is 2.61. The van der Waals surface area contributed by atoms with Crippen molar-refractivity contribution in [3.63, 3.8) is 0 Å². The lowest BCUT2D eigenvalue weighted by atomic mass is 10.1. The van der Waals surface area contributed by atoms with Crippen LogP contribution in [0, 0.1) is 0 Å². The molecule has 5 heteroatoms. The van der Waals surface area contributed by atoms with E-state index in [-0.39, 0.29) is 5.54 Å². The van der Waals surface area contributed by atoms with Crippen LogP contribution in [0.1, 0.15) is 25.3 Å². The standard InChI is InChI=1S/C13H16N2O3/c1-9(11(16)17)14-12(18)15-13(7-8-13)10-5-3-2-4-6-10/h2-6,9H,7-8H2,1H3,(H,16,17)(H2,14,15,18). The smallest absolute Gasteiger partial charge is 0.325 e. The van der Waals surface area contributed by atoms with E-state index in [2.05, 4.69) is 10.6 Å². The highest BCUT2D eigenvalue weighted by Crippen LogP contribution is 2.45. The van der Waals surface area contributed by atoms with E-state index in [1.807, 2.05) is 30.3 Å². The molecule has 5 nitrogen and oxygen atoms in total. The first kappa shape index (κ1) is 12.4. The first-order chi connectivity index (χ1) is 8.53. The quantitative estimate of drug-likeness (QED) is 0.754. The Bertz CT molecular complexity index is 455. The molecule has 96 valence electrons. The summed E-state index contributed by atoms with van der Waals surface area (Å²) in [7, 11) is 0. The number of nitrogens with one attached hydrogen (secondary N) is 2. The van der Waals surface area contributed by atoms with Crippen LogP contribution in [0.15, 0.2) is 30.3 Å². The maximum absolute atomic E-state index is 11.7. The van der Waals surface area contributed by atoms with E-state index in [1.165, 1.54) is 6.92 Å². The summed E-state index contributed by atoms with van der Waals surface area (Å²) in [6, 6.07) is 8.38. The maximum Gasteiger partial charge on any atom is 0.325 e. The molecule has 0 saturated heterocycles. The fourth-order valence-corrected chi connectivity index (χ4v) is 1.88. The number of carbonyl (C=O) groups is 2. The van der Waals surface area contributed by atoms with Crippen molar-refractivity contribution >= 4 is 12.0 Å². The molecule has 3 N–H and O–H groups in total. The van der Waals surface area contributed by atoms with Crippen LogP contribution < -0.4 is 10.6 Å². The van der Waals surface area contributed by atoms with Gasteiger partial charge < -0.3 is 15.7 Å². The highest BCUT2D eigenvalue weighted by molar-refractivity contribution is 5.82. The van der Waals surface area contributed by atoms with E-state index in [0.717, 1.165) is 18.4 Å². The van der Waals surface area contributed by atoms with Crippen molar-refractivity contribution in [1.29, 1.82) is 0 Å². The van der Waals surface area contributed by atoms with E-state index < -0.39 is 18.0 Å². The lowest BCUT2D eigenvalue weighted by Crippen LogP contribution is -2.47. The molecule has 2 rings (SSSR count). The topological polar surface area (TPSA) is 78.4 Å². The fourth-order valence-electron chi connectivity index (χ4n) is 1.88. The third-order valence-corrected chi connectivity index (χ3v) is 3.15. The summed E-state index contributed by atoms with van der Waals surface area (Å²) in [5.41, 5.74) is 0.743. The minimum atomic E-state index is -1.05. The highest BCUT2D eigenvalue weighted by Gasteiger charge is 2.45. The minimum Gasteiger partial charge on any atom is -0.480 e. The van der Waals surface area contributed by atoms with Crippen molar-refractivity contribution in [3.8, 4) is 0 Å². The molecule has 1 aliphatic carbocycles. The van der Waals surface area contributed by atoms with Gasteiger partial charge >= 0.3 is 12.0 Å². The number of hydrogen-bond acceptors (Lipinski definition) is 2. The molecular formula is C13H16N2O3. The van der Waals surface area contributed by atoms with Gasteiger partial charge in [-0.25, -0.2) is 4.79 Å². The first-order valence-electron chi connectivity index (χ1n) is 5.90. The summed E-state index contributed by atoms with van der Waals surface area (Å²) in [6.07, 6.45) is 1.76. The van der Waals surface area contributed by atoms with E-state index in [1.54, 1.807) is 0 Å². The lowest BCUT2D eigenvalue weighted by molar-refractivity contribution is -0.138. The van der Waals surface area contributed by atoms with Crippen LogP contribution in [0.4, 0.5) is 4.79 Å². The maximum atomic E-state index is 11.7. The van der Waals surface area contributed by atoms with Gasteiger partial charge in [0.2, 0.25) is 0 Å². The zero-order chi connectivity index (χ0) is 13.2. The van der Waals surface area contributed by atoms with Crippen molar-refractivity contribution in [2.45, 2.75) is 31.3 Å². The summed E-state index contributed by atoms with van der Waals surface area (Å²) in [4.78, 5) is 22.3. The third-order valence-electron chi connectivity index (χ3n) is 3.15. The monoisotopic (exact) mass is 248 g/mol. The van der Waals surface area contributed by atoms with Crippen LogP contribution in [-0.2, 0) is 10.3 Å². The van der Waals surface area contributed by atoms with E-state index in [9.17, 15) is 9.59 Å². The second kappa shape index (κ2) is 4.68. The number of aliphatic carboxylic acids is 1.